The molecule has 2 heterocycles. The second-order valence-corrected chi connectivity index (χ2v) is 12.9. The van der Waals surface area contributed by atoms with E-state index in [1.165, 1.54) is 0 Å². The second kappa shape index (κ2) is 6.35. The summed E-state index contributed by atoms with van der Waals surface area (Å²) in [6.07, 6.45) is 1.54. The maximum absolute atomic E-state index is 12.5. The maximum Gasteiger partial charge on any atom is 0.207 e. The summed E-state index contributed by atoms with van der Waals surface area (Å²) >= 11 is 0. The molecule has 3 aromatic rings. The lowest BCUT2D eigenvalue weighted by molar-refractivity contribution is 0.0898. The third kappa shape index (κ3) is 3.57. The Kier molecular flexibility index (Phi) is 4.37. The predicted octanol–water partition coefficient (Wildman–Crippen LogP) is 2.64. The normalized spacial score (nSPS) is 11.9. The van der Waals surface area contributed by atoms with Crippen LogP contribution in [0.2, 0.25) is 25.7 Å². The van der Waals surface area contributed by atoms with E-state index in [0.29, 0.717) is 28.5 Å². The number of nitrogens with one attached hydrogen (secondary N) is 1. The molecule has 25 heavy (non-hydrogen) atoms. The van der Waals surface area contributed by atoms with E-state index in [-0.39, 0.29) is 23.7 Å². The summed E-state index contributed by atoms with van der Waals surface area (Å²) in [6.45, 7) is 7.80. The van der Waals surface area contributed by atoms with Crippen molar-refractivity contribution in [2.24, 2.45) is 0 Å². The zero-order valence-electron chi connectivity index (χ0n) is 14.6. The van der Waals surface area contributed by atoms with Crippen LogP contribution >= 0.6 is 0 Å². The standard InChI is InChI=1S/C17H21N5O2Si/c1-25(2,3)5-4-24-10-22-9-11(8-18)16(23)12-6-13-14(7-15(12)22)21-17(19)20-13/h6-7,9H,4-5,10H2,1-3H3,(H3,19,20,21). The van der Waals surface area contributed by atoms with Crippen LogP contribution in [0.25, 0.3) is 21.9 Å². The van der Waals surface area contributed by atoms with Crippen LogP contribution in [-0.2, 0) is 11.5 Å². The van der Waals surface area contributed by atoms with Crippen molar-refractivity contribution in [2.45, 2.75) is 32.4 Å². The Morgan fingerprint density at radius 1 is 1.40 bits per heavy atom. The van der Waals surface area contributed by atoms with E-state index < -0.39 is 8.07 Å². The van der Waals surface area contributed by atoms with Gasteiger partial charge in [0, 0.05) is 26.3 Å². The van der Waals surface area contributed by atoms with Gasteiger partial charge in [0.2, 0.25) is 5.43 Å². The first-order chi connectivity index (χ1) is 11.8. The molecule has 8 heteroatoms. The summed E-state index contributed by atoms with van der Waals surface area (Å²) in [5, 5.41) is 9.71. The Balaban J connectivity index is 2.04. The van der Waals surface area contributed by atoms with Gasteiger partial charge in [-0.15, -0.1) is 0 Å². The molecule has 3 N–H and O–H groups in total. The molecule has 0 aliphatic carbocycles. The highest BCUT2D eigenvalue weighted by Gasteiger charge is 2.14. The highest BCUT2D eigenvalue weighted by molar-refractivity contribution is 6.76. The lowest BCUT2D eigenvalue weighted by atomic mass is 10.1. The smallest absolute Gasteiger partial charge is 0.207 e. The van der Waals surface area contributed by atoms with Crippen molar-refractivity contribution in [3.05, 3.63) is 34.1 Å². The number of fused-ring (bicyclic) bond motifs is 2. The summed E-state index contributed by atoms with van der Waals surface area (Å²) in [5.74, 6) is 0.288. The summed E-state index contributed by atoms with van der Waals surface area (Å²) in [5.41, 5.74) is 7.51. The van der Waals surface area contributed by atoms with Crippen LogP contribution in [-0.4, -0.2) is 29.2 Å². The van der Waals surface area contributed by atoms with Gasteiger partial charge in [0.05, 0.1) is 16.6 Å². The van der Waals surface area contributed by atoms with Gasteiger partial charge in [-0.3, -0.25) is 4.79 Å². The van der Waals surface area contributed by atoms with Crippen LogP contribution in [0.1, 0.15) is 5.56 Å². The molecule has 0 spiro atoms. The lowest BCUT2D eigenvalue weighted by Gasteiger charge is -2.17. The topological polar surface area (TPSA) is 110 Å². The lowest BCUT2D eigenvalue weighted by Crippen LogP contribution is -2.22. The first-order valence-electron chi connectivity index (χ1n) is 8.09. The molecule has 0 amide bonds. The van der Waals surface area contributed by atoms with E-state index in [0.717, 1.165) is 6.04 Å². The van der Waals surface area contributed by atoms with Crippen molar-refractivity contribution in [1.82, 2.24) is 14.5 Å². The minimum Gasteiger partial charge on any atom is -0.369 e. The van der Waals surface area contributed by atoms with E-state index in [1.54, 1.807) is 22.9 Å². The molecule has 0 radical (unpaired) electrons. The third-order valence-corrected chi connectivity index (χ3v) is 5.75. The maximum atomic E-state index is 12.5. The summed E-state index contributed by atoms with van der Waals surface area (Å²) < 4.78 is 7.58. The van der Waals surface area contributed by atoms with Gasteiger partial charge in [0.1, 0.15) is 18.4 Å². The number of hydrogen-bond acceptors (Lipinski definition) is 5. The SMILES string of the molecule is C[Si](C)(C)CCOCn1cc(C#N)c(=O)c2cc3[nH]c(N)nc3cc21. The highest BCUT2D eigenvalue weighted by Crippen LogP contribution is 2.21. The second-order valence-electron chi connectivity index (χ2n) is 7.31. The largest absolute Gasteiger partial charge is 0.369 e. The van der Waals surface area contributed by atoms with Gasteiger partial charge in [-0.25, -0.2) is 4.98 Å². The number of pyridine rings is 1. The van der Waals surface area contributed by atoms with Crippen molar-refractivity contribution < 1.29 is 4.74 Å². The van der Waals surface area contributed by atoms with Gasteiger partial charge in [-0.1, -0.05) is 19.6 Å². The van der Waals surface area contributed by atoms with Crippen LogP contribution in [0.5, 0.6) is 0 Å². The van der Waals surface area contributed by atoms with E-state index in [1.807, 2.05) is 6.07 Å². The number of nitrogens with zero attached hydrogens (tertiary/aromatic N) is 3. The van der Waals surface area contributed by atoms with Gasteiger partial charge in [-0.05, 0) is 18.2 Å². The van der Waals surface area contributed by atoms with Crippen LogP contribution in [0.3, 0.4) is 0 Å². The molecule has 0 aliphatic rings. The molecular formula is C17H21N5O2Si. The monoisotopic (exact) mass is 355 g/mol. The van der Waals surface area contributed by atoms with E-state index in [2.05, 4.69) is 29.6 Å². The van der Waals surface area contributed by atoms with Gasteiger partial charge < -0.3 is 20.0 Å². The number of anilines is 1. The zero-order chi connectivity index (χ0) is 18.2. The molecular weight excluding hydrogens is 334 g/mol. The highest BCUT2D eigenvalue weighted by atomic mass is 28.3. The van der Waals surface area contributed by atoms with Gasteiger partial charge in [-0.2, -0.15) is 5.26 Å². The van der Waals surface area contributed by atoms with E-state index in [4.69, 9.17) is 10.5 Å². The fourth-order valence-electron chi connectivity index (χ4n) is 2.64. The molecule has 0 unspecified atom stereocenters. The molecule has 0 saturated heterocycles. The predicted molar refractivity (Wildman–Crippen MR) is 101 cm³/mol. The van der Waals surface area contributed by atoms with Crippen molar-refractivity contribution in [2.75, 3.05) is 12.3 Å². The average Bonchev–Trinajstić information content (AvgIpc) is 2.90. The molecule has 7 nitrogen and oxygen atoms in total. The quantitative estimate of drug-likeness (QED) is 0.540. The van der Waals surface area contributed by atoms with Crippen LogP contribution in [0.15, 0.2) is 23.1 Å². The number of H-pyrrole nitrogens is 1. The van der Waals surface area contributed by atoms with Crippen molar-refractivity contribution >= 4 is 36.0 Å². The van der Waals surface area contributed by atoms with Crippen LogP contribution in [0, 0.1) is 11.3 Å². The van der Waals surface area contributed by atoms with Gasteiger partial charge >= 0.3 is 0 Å². The van der Waals surface area contributed by atoms with Crippen LogP contribution in [0.4, 0.5) is 5.95 Å². The zero-order valence-corrected chi connectivity index (χ0v) is 15.6. The molecule has 0 bridgehead atoms. The number of aromatic nitrogens is 3. The minimum atomic E-state index is -1.17. The van der Waals surface area contributed by atoms with E-state index in [9.17, 15) is 10.1 Å². The fraction of sp³-hybridized carbons (Fsp3) is 0.353. The fourth-order valence-corrected chi connectivity index (χ4v) is 3.40. The first-order valence-corrected chi connectivity index (χ1v) is 11.8. The Morgan fingerprint density at radius 2 is 2.16 bits per heavy atom. The molecule has 0 aliphatic heterocycles. The van der Waals surface area contributed by atoms with Crippen molar-refractivity contribution in [3.63, 3.8) is 0 Å². The van der Waals surface area contributed by atoms with Gasteiger partial charge in [0.25, 0.3) is 0 Å². The van der Waals surface area contributed by atoms with Gasteiger partial charge in [0.15, 0.2) is 5.95 Å². The minimum absolute atomic E-state index is 0.0909. The van der Waals surface area contributed by atoms with Crippen LogP contribution < -0.4 is 11.2 Å². The van der Waals surface area contributed by atoms with Crippen molar-refractivity contribution in [3.8, 4) is 6.07 Å². The Morgan fingerprint density at radius 3 is 2.84 bits per heavy atom. The summed E-state index contributed by atoms with van der Waals surface area (Å²) in [4.78, 5) is 19.6. The summed E-state index contributed by atoms with van der Waals surface area (Å²) in [7, 11) is -1.17. The molecule has 0 atom stereocenters. The Bertz CT molecular complexity index is 1040. The number of rotatable bonds is 5. The molecule has 1 aromatic carbocycles. The molecule has 0 saturated carbocycles. The van der Waals surface area contributed by atoms with E-state index >= 15 is 0 Å². The Hall–Kier alpha value is -2.63. The number of nitrogens with two attached hydrogens (primary N) is 1. The number of benzene rings is 1. The van der Waals surface area contributed by atoms with Crippen molar-refractivity contribution in [1.29, 1.82) is 5.26 Å². The average molecular weight is 355 g/mol. The molecule has 2 aromatic heterocycles. The molecule has 3 rings (SSSR count). The number of hydrogen-bond donors (Lipinski definition) is 2. The first kappa shape index (κ1) is 17.2. The number of nitrogen functional groups attached to an aromatic ring is 1. The molecule has 130 valence electrons. The number of aromatic amines is 1. The number of ether oxygens (including phenoxy) is 1. The number of imidazole rings is 1. The summed E-state index contributed by atoms with van der Waals surface area (Å²) in [6, 6.07) is 6.50. The number of nitriles is 1. The Labute approximate surface area is 146 Å². The third-order valence-electron chi connectivity index (χ3n) is 4.05. The molecule has 0 fully saturated rings.